The zero-order valence-electron chi connectivity index (χ0n) is 17.8. The molecule has 1 saturated heterocycles. The van der Waals surface area contributed by atoms with Gasteiger partial charge in [0, 0.05) is 5.92 Å². The maximum atomic E-state index is 13.3. The van der Waals surface area contributed by atoms with Crippen molar-refractivity contribution in [3.8, 4) is 6.07 Å². The highest BCUT2D eigenvalue weighted by Gasteiger charge is 2.64. The third kappa shape index (κ3) is 3.44. The Morgan fingerprint density at radius 3 is 2.00 bits per heavy atom. The Morgan fingerprint density at radius 2 is 1.52 bits per heavy atom. The lowest BCUT2D eigenvalue weighted by atomic mass is 9.58. The second-order valence-electron chi connectivity index (χ2n) is 7.61. The van der Waals surface area contributed by atoms with E-state index in [-0.39, 0.29) is 0 Å². The Kier molecular flexibility index (Phi) is 6.11. The molecule has 31 heavy (non-hydrogen) atoms. The van der Waals surface area contributed by atoms with Gasteiger partial charge in [-0.15, -0.1) is 0 Å². The standard InChI is InChI=1S/C24H24N2O5/c1-14-9-5-7-11-16(14)19-18(22(28)30-3)21(27)26-20(17-12-8-6-10-15(17)2)24(19,13-25)23(29)31-4/h5-12,18-20H,1-4H3,(H,26,27). The summed E-state index contributed by atoms with van der Waals surface area (Å²) in [5.74, 6) is -4.77. The van der Waals surface area contributed by atoms with Crippen LogP contribution in [0.1, 0.15) is 34.2 Å². The quantitative estimate of drug-likeness (QED) is 0.602. The molecule has 3 rings (SSSR count). The van der Waals surface area contributed by atoms with E-state index in [0.717, 1.165) is 11.1 Å². The highest BCUT2D eigenvalue weighted by atomic mass is 16.5. The third-order valence-electron chi connectivity index (χ3n) is 6.03. The number of aryl methyl sites for hydroxylation is 2. The number of benzene rings is 2. The molecule has 4 unspecified atom stereocenters. The van der Waals surface area contributed by atoms with Crippen LogP contribution in [0.4, 0.5) is 0 Å². The average molecular weight is 420 g/mol. The monoisotopic (exact) mass is 420 g/mol. The number of carbonyl (C=O) groups is 3. The first kappa shape index (κ1) is 22.0. The highest BCUT2D eigenvalue weighted by molar-refractivity contribution is 6.02. The van der Waals surface area contributed by atoms with Crippen molar-refractivity contribution in [2.24, 2.45) is 11.3 Å². The molecule has 1 fully saturated rings. The number of nitrogens with zero attached hydrogens (tertiary/aromatic N) is 1. The molecular formula is C24H24N2O5. The second-order valence-corrected chi connectivity index (χ2v) is 7.61. The predicted octanol–water partition coefficient (Wildman–Crippen LogP) is 2.73. The number of carbonyl (C=O) groups excluding carboxylic acids is 3. The van der Waals surface area contributed by atoms with Gasteiger partial charge in [-0.25, -0.2) is 0 Å². The minimum absolute atomic E-state index is 0.540. The SMILES string of the molecule is COC(=O)C1C(=O)NC(c2ccccc2C)C(C#N)(C(=O)OC)C1c1ccccc1C. The smallest absolute Gasteiger partial charge is 0.329 e. The molecule has 0 bridgehead atoms. The predicted molar refractivity (Wildman–Crippen MR) is 112 cm³/mol. The summed E-state index contributed by atoms with van der Waals surface area (Å²) in [4.78, 5) is 39.3. The van der Waals surface area contributed by atoms with Crippen molar-refractivity contribution in [2.45, 2.75) is 25.8 Å². The van der Waals surface area contributed by atoms with Gasteiger partial charge < -0.3 is 14.8 Å². The molecule has 0 radical (unpaired) electrons. The van der Waals surface area contributed by atoms with Crippen molar-refractivity contribution in [1.82, 2.24) is 5.32 Å². The molecule has 2 aromatic rings. The van der Waals surface area contributed by atoms with Crippen LogP contribution in [-0.4, -0.2) is 32.1 Å². The van der Waals surface area contributed by atoms with Crippen LogP contribution in [0.15, 0.2) is 48.5 Å². The number of nitrogens with one attached hydrogen (secondary N) is 1. The van der Waals surface area contributed by atoms with E-state index in [1.807, 2.05) is 19.1 Å². The second kappa shape index (κ2) is 8.60. The molecule has 1 N–H and O–H groups in total. The molecule has 0 aromatic heterocycles. The van der Waals surface area contributed by atoms with Crippen LogP contribution < -0.4 is 5.32 Å². The normalized spacial score (nSPS) is 25.1. The van der Waals surface area contributed by atoms with Gasteiger partial charge in [-0.2, -0.15) is 5.26 Å². The molecule has 0 aliphatic carbocycles. The molecule has 160 valence electrons. The zero-order valence-corrected chi connectivity index (χ0v) is 17.8. The number of esters is 2. The van der Waals surface area contributed by atoms with Gasteiger partial charge in [0.1, 0.15) is 5.92 Å². The molecule has 2 aromatic carbocycles. The summed E-state index contributed by atoms with van der Waals surface area (Å²) >= 11 is 0. The van der Waals surface area contributed by atoms with Gasteiger partial charge in [0.25, 0.3) is 0 Å². The number of rotatable bonds is 4. The van der Waals surface area contributed by atoms with Crippen LogP contribution in [-0.2, 0) is 23.9 Å². The van der Waals surface area contributed by atoms with E-state index < -0.39 is 41.1 Å². The van der Waals surface area contributed by atoms with Gasteiger partial charge in [0.15, 0.2) is 5.41 Å². The van der Waals surface area contributed by atoms with Gasteiger partial charge >= 0.3 is 11.9 Å². The molecule has 0 spiro atoms. The first-order valence-corrected chi connectivity index (χ1v) is 9.82. The van der Waals surface area contributed by atoms with Gasteiger partial charge in [0.2, 0.25) is 5.91 Å². The number of amides is 1. The van der Waals surface area contributed by atoms with Crippen molar-refractivity contribution in [3.05, 3.63) is 70.8 Å². The molecule has 1 heterocycles. The van der Waals surface area contributed by atoms with Crippen LogP contribution in [0.25, 0.3) is 0 Å². The summed E-state index contributed by atoms with van der Waals surface area (Å²) in [5.41, 5.74) is 0.766. The summed E-state index contributed by atoms with van der Waals surface area (Å²) in [6, 6.07) is 15.4. The van der Waals surface area contributed by atoms with Gasteiger partial charge in [0.05, 0.1) is 26.3 Å². The number of piperidine rings is 1. The summed E-state index contributed by atoms with van der Waals surface area (Å²) in [7, 11) is 2.36. The Bertz CT molecular complexity index is 1070. The topological polar surface area (TPSA) is 105 Å². The molecule has 7 heteroatoms. The average Bonchev–Trinajstić information content (AvgIpc) is 2.78. The van der Waals surface area contributed by atoms with Crippen molar-refractivity contribution >= 4 is 17.8 Å². The number of nitriles is 1. The fourth-order valence-corrected chi connectivity index (χ4v) is 4.50. The van der Waals surface area contributed by atoms with Crippen LogP contribution >= 0.6 is 0 Å². The number of methoxy groups -OCH3 is 2. The van der Waals surface area contributed by atoms with E-state index in [1.165, 1.54) is 14.2 Å². The summed E-state index contributed by atoms with van der Waals surface area (Å²) in [6.45, 7) is 3.63. The molecule has 1 aliphatic rings. The fourth-order valence-electron chi connectivity index (χ4n) is 4.50. The van der Waals surface area contributed by atoms with Crippen LogP contribution in [0, 0.1) is 36.5 Å². The summed E-state index contributed by atoms with van der Waals surface area (Å²) in [5, 5.41) is 13.2. The van der Waals surface area contributed by atoms with E-state index in [0.29, 0.717) is 11.1 Å². The Hall–Kier alpha value is -3.66. The van der Waals surface area contributed by atoms with Crippen molar-refractivity contribution in [2.75, 3.05) is 14.2 Å². The Labute approximate surface area is 181 Å². The third-order valence-corrected chi connectivity index (χ3v) is 6.03. The Balaban J connectivity index is 2.40. The molecule has 4 atom stereocenters. The lowest BCUT2D eigenvalue weighted by Crippen LogP contribution is -2.60. The lowest BCUT2D eigenvalue weighted by Gasteiger charge is -2.46. The first-order chi connectivity index (χ1) is 14.8. The Morgan fingerprint density at radius 1 is 0.968 bits per heavy atom. The molecule has 7 nitrogen and oxygen atoms in total. The van der Waals surface area contributed by atoms with Gasteiger partial charge in [-0.1, -0.05) is 48.5 Å². The summed E-state index contributed by atoms with van der Waals surface area (Å²) < 4.78 is 10.0. The maximum absolute atomic E-state index is 13.3. The molecule has 1 amide bonds. The number of hydrogen-bond acceptors (Lipinski definition) is 6. The zero-order chi connectivity index (χ0) is 22.8. The number of ether oxygens (including phenoxy) is 2. The maximum Gasteiger partial charge on any atom is 0.329 e. The fraction of sp³-hybridized carbons (Fsp3) is 0.333. The van der Waals surface area contributed by atoms with Crippen molar-refractivity contribution < 1.29 is 23.9 Å². The van der Waals surface area contributed by atoms with E-state index in [1.54, 1.807) is 43.3 Å². The van der Waals surface area contributed by atoms with Gasteiger partial charge in [-0.05, 0) is 36.1 Å². The first-order valence-electron chi connectivity index (χ1n) is 9.82. The minimum atomic E-state index is -1.90. The largest absolute Gasteiger partial charge is 0.468 e. The van der Waals surface area contributed by atoms with E-state index in [4.69, 9.17) is 9.47 Å². The van der Waals surface area contributed by atoms with Crippen LogP contribution in [0.2, 0.25) is 0 Å². The van der Waals surface area contributed by atoms with E-state index in [2.05, 4.69) is 11.4 Å². The lowest BCUT2D eigenvalue weighted by molar-refractivity contribution is -0.164. The van der Waals surface area contributed by atoms with Gasteiger partial charge in [-0.3, -0.25) is 14.4 Å². The van der Waals surface area contributed by atoms with Crippen molar-refractivity contribution in [3.63, 3.8) is 0 Å². The minimum Gasteiger partial charge on any atom is -0.468 e. The highest BCUT2D eigenvalue weighted by Crippen LogP contribution is 2.54. The molecular weight excluding hydrogens is 396 g/mol. The van der Waals surface area contributed by atoms with E-state index in [9.17, 15) is 19.6 Å². The van der Waals surface area contributed by atoms with Crippen molar-refractivity contribution in [1.29, 1.82) is 5.26 Å². The molecule has 0 saturated carbocycles. The number of hydrogen-bond donors (Lipinski definition) is 1. The summed E-state index contributed by atoms with van der Waals surface area (Å²) in [6.07, 6.45) is 0. The molecule has 1 aliphatic heterocycles. The van der Waals surface area contributed by atoms with Crippen LogP contribution in [0.3, 0.4) is 0 Å². The van der Waals surface area contributed by atoms with E-state index >= 15 is 0 Å². The van der Waals surface area contributed by atoms with Crippen LogP contribution in [0.5, 0.6) is 0 Å².